The van der Waals surface area contributed by atoms with Gasteiger partial charge in [0.2, 0.25) is 0 Å². The SMILES string of the molecule is CCNC(C)c1ccc(F)cc1-c1ccccc1Cl. The van der Waals surface area contributed by atoms with Crippen LogP contribution in [-0.2, 0) is 0 Å². The van der Waals surface area contributed by atoms with Crippen LogP contribution < -0.4 is 5.32 Å². The van der Waals surface area contributed by atoms with Gasteiger partial charge in [-0.1, -0.05) is 42.8 Å². The molecule has 100 valence electrons. The Morgan fingerprint density at radius 2 is 1.89 bits per heavy atom. The largest absolute Gasteiger partial charge is 0.310 e. The van der Waals surface area contributed by atoms with Crippen molar-refractivity contribution in [1.29, 1.82) is 0 Å². The number of halogens is 2. The molecule has 2 aromatic rings. The lowest BCUT2D eigenvalue weighted by Gasteiger charge is -2.18. The second-order valence-electron chi connectivity index (χ2n) is 4.49. The molecule has 1 atom stereocenters. The Kier molecular flexibility index (Phi) is 4.56. The lowest BCUT2D eigenvalue weighted by molar-refractivity contribution is 0.593. The van der Waals surface area contributed by atoms with Crippen molar-refractivity contribution < 1.29 is 4.39 Å². The van der Waals surface area contributed by atoms with Gasteiger partial charge in [0.15, 0.2) is 0 Å². The number of hydrogen-bond donors (Lipinski definition) is 1. The smallest absolute Gasteiger partial charge is 0.123 e. The van der Waals surface area contributed by atoms with Crippen LogP contribution in [0.5, 0.6) is 0 Å². The van der Waals surface area contributed by atoms with E-state index in [9.17, 15) is 4.39 Å². The van der Waals surface area contributed by atoms with Gasteiger partial charge in [0.25, 0.3) is 0 Å². The minimum Gasteiger partial charge on any atom is -0.310 e. The second-order valence-corrected chi connectivity index (χ2v) is 4.90. The summed E-state index contributed by atoms with van der Waals surface area (Å²) in [5, 5.41) is 3.98. The molecule has 0 fully saturated rings. The predicted molar refractivity (Wildman–Crippen MR) is 78.9 cm³/mol. The Bertz CT molecular complexity index is 568. The third kappa shape index (κ3) is 3.14. The summed E-state index contributed by atoms with van der Waals surface area (Å²) in [6.45, 7) is 4.98. The summed E-state index contributed by atoms with van der Waals surface area (Å²) in [6, 6.07) is 12.5. The first kappa shape index (κ1) is 14.0. The van der Waals surface area contributed by atoms with Gasteiger partial charge in [-0.25, -0.2) is 4.39 Å². The van der Waals surface area contributed by atoms with Crippen molar-refractivity contribution in [2.75, 3.05) is 6.54 Å². The van der Waals surface area contributed by atoms with Gasteiger partial charge in [-0.15, -0.1) is 0 Å². The lowest BCUT2D eigenvalue weighted by Crippen LogP contribution is -2.18. The van der Waals surface area contributed by atoms with E-state index in [4.69, 9.17) is 11.6 Å². The summed E-state index contributed by atoms with van der Waals surface area (Å²) in [4.78, 5) is 0. The van der Waals surface area contributed by atoms with Gasteiger partial charge in [-0.05, 0) is 42.8 Å². The van der Waals surface area contributed by atoms with E-state index in [-0.39, 0.29) is 11.9 Å². The van der Waals surface area contributed by atoms with E-state index in [0.29, 0.717) is 5.02 Å². The molecule has 1 nitrogen and oxygen atoms in total. The number of nitrogens with one attached hydrogen (secondary N) is 1. The molecule has 0 spiro atoms. The van der Waals surface area contributed by atoms with Crippen molar-refractivity contribution in [1.82, 2.24) is 5.32 Å². The molecule has 0 aliphatic carbocycles. The van der Waals surface area contributed by atoms with Gasteiger partial charge in [-0.3, -0.25) is 0 Å². The van der Waals surface area contributed by atoms with Crippen LogP contribution in [0.2, 0.25) is 5.02 Å². The van der Waals surface area contributed by atoms with E-state index in [1.54, 1.807) is 6.07 Å². The van der Waals surface area contributed by atoms with E-state index in [1.807, 2.05) is 30.3 Å². The zero-order valence-electron chi connectivity index (χ0n) is 11.1. The summed E-state index contributed by atoms with van der Waals surface area (Å²) in [5.74, 6) is -0.248. The van der Waals surface area contributed by atoms with Crippen LogP contribution in [0.15, 0.2) is 42.5 Å². The molecule has 0 radical (unpaired) electrons. The summed E-state index contributed by atoms with van der Waals surface area (Å²) >= 11 is 6.22. The van der Waals surface area contributed by atoms with Crippen molar-refractivity contribution >= 4 is 11.6 Å². The van der Waals surface area contributed by atoms with Gasteiger partial charge >= 0.3 is 0 Å². The van der Waals surface area contributed by atoms with Crippen LogP contribution in [0.3, 0.4) is 0 Å². The highest BCUT2D eigenvalue weighted by Crippen LogP contribution is 2.33. The minimum absolute atomic E-state index is 0.150. The molecule has 0 heterocycles. The second kappa shape index (κ2) is 6.18. The summed E-state index contributed by atoms with van der Waals surface area (Å²) < 4.78 is 13.6. The molecule has 0 aliphatic heterocycles. The molecule has 0 saturated carbocycles. The Balaban J connectivity index is 2.55. The van der Waals surface area contributed by atoms with E-state index in [2.05, 4.69) is 19.2 Å². The first-order valence-corrected chi connectivity index (χ1v) is 6.79. The fraction of sp³-hybridized carbons (Fsp3) is 0.250. The topological polar surface area (TPSA) is 12.0 Å². The summed E-state index contributed by atoms with van der Waals surface area (Å²) in [7, 11) is 0. The molecule has 0 saturated heterocycles. The molecule has 2 aromatic carbocycles. The maximum absolute atomic E-state index is 13.6. The molecule has 0 aliphatic rings. The Morgan fingerprint density at radius 1 is 1.16 bits per heavy atom. The predicted octanol–water partition coefficient (Wildman–Crippen LogP) is 4.82. The average Bonchev–Trinajstić information content (AvgIpc) is 2.39. The van der Waals surface area contributed by atoms with E-state index in [0.717, 1.165) is 23.2 Å². The molecule has 19 heavy (non-hydrogen) atoms. The number of hydrogen-bond acceptors (Lipinski definition) is 1. The highest BCUT2D eigenvalue weighted by atomic mass is 35.5. The Labute approximate surface area is 118 Å². The Hall–Kier alpha value is -1.38. The molecule has 3 heteroatoms. The van der Waals surface area contributed by atoms with Crippen molar-refractivity contribution in [3.8, 4) is 11.1 Å². The molecule has 0 bridgehead atoms. The Morgan fingerprint density at radius 3 is 2.58 bits per heavy atom. The number of benzene rings is 2. The van der Waals surface area contributed by atoms with Crippen molar-refractivity contribution in [2.24, 2.45) is 0 Å². The van der Waals surface area contributed by atoms with Crippen LogP contribution in [0.4, 0.5) is 4.39 Å². The molecule has 0 aromatic heterocycles. The van der Waals surface area contributed by atoms with E-state index in [1.165, 1.54) is 6.07 Å². The molecule has 1 N–H and O–H groups in total. The average molecular weight is 278 g/mol. The first-order valence-electron chi connectivity index (χ1n) is 6.41. The van der Waals surface area contributed by atoms with Gasteiger partial charge < -0.3 is 5.32 Å². The first-order chi connectivity index (χ1) is 9.13. The van der Waals surface area contributed by atoms with Crippen LogP contribution in [-0.4, -0.2) is 6.54 Å². The maximum Gasteiger partial charge on any atom is 0.123 e. The zero-order valence-corrected chi connectivity index (χ0v) is 11.8. The summed E-state index contributed by atoms with van der Waals surface area (Å²) in [6.07, 6.45) is 0. The van der Waals surface area contributed by atoms with Crippen LogP contribution in [0.25, 0.3) is 11.1 Å². The normalized spacial score (nSPS) is 12.4. The van der Waals surface area contributed by atoms with Crippen LogP contribution in [0.1, 0.15) is 25.5 Å². The number of rotatable bonds is 4. The highest BCUT2D eigenvalue weighted by molar-refractivity contribution is 6.33. The molecule has 2 rings (SSSR count). The molecular weight excluding hydrogens is 261 g/mol. The molecular formula is C16H17ClFN. The van der Waals surface area contributed by atoms with Crippen molar-refractivity contribution in [3.05, 3.63) is 58.9 Å². The lowest BCUT2D eigenvalue weighted by atomic mass is 9.95. The van der Waals surface area contributed by atoms with Crippen molar-refractivity contribution in [2.45, 2.75) is 19.9 Å². The zero-order chi connectivity index (χ0) is 13.8. The van der Waals surface area contributed by atoms with E-state index >= 15 is 0 Å². The monoisotopic (exact) mass is 277 g/mol. The maximum atomic E-state index is 13.6. The summed E-state index contributed by atoms with van der Waals surface area (Å²) in [5.41, 5.74) is 2.76. The van der Waals surface area contributed by atoms with Crippen molar-refractivity contribution in [3.63, 3.8) is 0 Å². The fourth-order valence-corrected chi connectivity index (χ4v) is 2.47. The van der Waals surface area contributed by atoms with E-state index < -0.39 is 0 Å². The third-order valence-corrected chi connectivity index (χ3v) is 3.49. The van der Waals surface area contributed by atoms with Gasteiger partial charge in [0.1, 0.15) is 5.82 Å². The third-order valence-electron chi connectivity index (χ3n) is 3.16. The standard InChI is InChI=1S/C16H17ClFN/c1-3-19-11(2)13-9-8-12(18)10-15(13)14-6-4-5-7-16(14)17/h4-11,19H,3H2,1-2H3. The van der Waals surface area contributed by atoms with Gasteiger partial charge in [0.05, 0.1) is 0 Å². The highest BCUT2D eigenvalue weighted by Gasteiger charge is 2.14. The quantitative estimate of drug-likeness (QED) is 0.845. The molecule has 0 amide bonds. The van der Waals surface area contributed by atoms with Gasteiger partial charge in [0, 0.05) is 16.6 Å². The van der Waals surface area contributed by atoms with Gasteiger partial charge in [-0.2, -0.15) is 0 Å². The fourth-order valence-electron chi connectivity index (χ4n) is 2.24. The molecule has 1 unspecified atom stereocenters. The minimum atomic E-state index is -0.248. The van der Waals surface area contributed by atoms with Crippen LogP contribution in [0, 0.1) is 5.82 Å². The van der Waals surface area contributed by atoms with Crippen LogP contribution >= 0.6 is 11.6 Å².